The third-order valence-electron chi connectivity index (χ3n) is 3.32. The minimum absolute atomic E-state index is 0.0109. The molecule has 0 unspecified atom stereocenters. The van der Waals surface area contributed by atoms with Crippen LogP contribution in [0.1, 0.15) is 43.2 Å². The molecule has 1 heterocycles. The number of carboxylic acids is 1. The molecular formula is C16H18N2O3. The van der Waals surface area contributed by atoms with Crippen LogP contribution < -0.4 is 5.32 Å². The van der Waals surface area contributed by atoms with Gasteiger partial charge in [0, 0.05) is 11.3 Å². The Bertz CT molecular complexity index is 706. The van der Waals surface area contributed by atoms with Gasteiger partial charge in [-0.1, -0.05) is 17.7 Å². The molecule has 1 amide bonds. The normalized spacial score (nSPS) is 10.5. The third kappa shape index (κ3) is 2.97. The first-order valence-corrected chi connectivity index (χ1v) is 6.61. The summed E-state index contributed by atoms with van der Waals surface area (Å²) in [4.78, 5) is 26.3. The average Bonchev–Trinajstić information content (AvgIpc) is 2.68. The van der Waals surface area contributed by atoms with Gasteiger partial charge in [-0.2, -0.15) is 0 Å². The Labute approximate surface area is 123 Å². The molecule has 5 heteroatoms. The highest BCUT2D eigenvalue weighted by Gasteiger charge is 2.18. The molecule has 21 heavy (non-hydrogen) atoms. The molecule has 0 saturated heterocycles. The number of hydrogen-bond acceptors (Lipinski definition) is 2. The Morgan fingerprint density at radius 2 is 1.62 bits per heavy atom. The smallest absolute Gasteiger partial charge is 0.354 e. The van der Waals surface area contributed by atoms with E-state index >= 15 is 0 Å². The zero-order valence-corrected chi connectivity index (χ0v) is 12.5. The van der Waals surface area contributed by atoms with E-state index in [-0.39, 0.29) is 17.3 Å². The van der Waals surface area contributed by atoms with E-state index in [0.717, 1.165) is 16.7 Å². The SMILES string of the molecule is Cc1cc(C)c(C(=O)Nc2cc(C)[nH]c2C(=O)O)c(C)c1. The number of H-pyrrole nitrogens is 1. The van der Waals surface area contributed by atoms with Gasteiger partial charge in [-0.15, -0.1) is 0 Å². The summed E-state index contributed by atoms with van der Waals surface area (Å²) in [6, 6.07) is 5.48. The molecule has 0 spiro atoms. The standard InChI is InChI=1S/C16H18N2O3/c1-8-5-9(2)13(10(3)6-8)15(19)18-12-7-11(4)17-14(12)16(20)21/h5-7,17H,1-4H3,(H,18,19)(H,20,21). The molecule has 110 valence electrons. The quantitative estimate of drug-likeness (QED) is 0.810. The van der Waals surface area contributed by atoms with Gasteiger partial charge >= 0.3 is 5.97 Å². The number of amides is 1. The average molecular weight is 286 g/mol. The predicted molar refractivity (Wildman–Crippen MR) is 81.1 cm³/mol. The van der Waals surface area contributed by atoms with Crippen LogP contribution in [-0.2, 0) is 0 Å². The van der Waals surface area contributed by atoms with Gasteiger partial charge in [0.1, 0.15) is 5.69 Å². The second-order valence-corrected chi connectivity index (χ2v) is 5.27. The third-order valence-corrected chi connectivity index (χ3v) is 3.32. The van der Waals surface area contributed by atoms with E-state index in [4.69, 9.17) is 5.11 Å². The lowest BCUT2D eigenvalue weighted by atomic mass is 9.99. The number of aromatic amines is 1. The molecule has 2 rings (SSSR count). The van der Waals surface area contributed by atoms with Gasteiger partial charge in [0.2, 0.25) is 0 Å². The van der Waals surface area contributed by atoms with Crippen LogP contribution in [0.3, 0.4) is 0 Å². The molecule has 0 atom stereocenters. The Hall–Kier alpha value is -2.56. The van der Waals surface area contributed by atoms with Crippen LogP contribution in [0, 0.1) is 27.7 Å². The predicted octanol–water partition coefficient (Wildman–Crippen LogP) is 3.20. The minimum Gasteiger partial charge on any atom is -0.477 e. The fraction of sp³-hybridized carbons (Fsp3) is 0.250. The maximum Gasteiger partial charge on any atom is 0.354 e. The topological polar surface area (TPSA) is 82.2 Å². The van der Waals surface area contributed by atoms with Crippen molar-refractivity contribution in [3.05, 3.63) is 51.8 Å². The first kappa shape index (κ1) is 14.8. The van der Waals surface area contributed by atoms with E-state index in [1.807, 2.05) is 32.9 Å². The van der Waals surface area contributed by atoms with E-state index in [2.05, 4.69) is 10.3 Å². The van der Waals surface area contributed by atoms with Crippen molar-refractivity contribution < 1.29 is 14.7 Å². The molecule has 1 aromatic heterocycles. The van der Waals surface area contributed by atoms with Crippen LogP contribution in [-0.4, -0.2) is 22.0 Å². The van der Waals surface area contributed by atoms with Gasteiger partial charge in [0.25, 0.3) is 5.91 Å². The van der Waals surface area contributed by atoms with Crippen molar-refractivity contribution in [2.75, 3.05) is 5.32 Å². The van der Waals surface area contributed by atoms with Crippen molar-refractivity contribution in [3.63, 3.8) is 0 Å². The fourth-order valence-electron chi connectivity index (χ4n) is 2.58. The molecule has 0 saturated carbocycles. The molecule has 0 radical (unpaired) electrons. The van der Waals surface area contributed by atoms with Gasteiger partial charge in [-0.05, 0) is 44.9 Å². The maximum absolute atomic E-state index is 12.4. The highest BCUT2D eigenvalue weighted by molar-refractivity contribution is 6.09. The Kier molecular flexibility index (Phi) is 3.84. The molecule has 5 nitrogen and oxygen atoms in total. The number of aromatic nitrogens is 1. The number of carbonyl (C=O) groups excluding carboxylic acids is 1. The zero-order valence-electron chi connectivity index (χ0n) is 12.5. The number of hydrogen-bond donors (Lipinski definition) is 3. The van der Waals surface area contributed by atoms with E-state index in [1.54, 1.807) is 13.0 Å². The van der Waals surface area contributed by atoms with Crippen LogP contribution in [0.2, 0.25) is 0 Å². The summed E-state index contributed by atoms with van der Waals surface area (Å²) in [5, 5.41) is 11.8. The van der Waals surface area contributed by atoms with Crippen molar-refractivity contribution in [2.24, 2.45) is 0 Å². The number of anilines is 1. The number of carboxylic acid groups (broad SMARTS) is 1. The lowest BCUT2D eigenvalue weighted by molar-refractivity contribution is 0.0692. The summed E-state index contributed by atoms with van der Waals surface area (Å²) < 4.78 is 0. The second kappa shape index (κ2) is 5.44. The summed E-state index contributed by atoms with van der Waals surface area (Å²) in [6.45, 7) is 7.45. The number of carbonyl (C=O) groups is 2. The number of aryl methyl sites for hydroxylation is 4. The van der Waals surface area contributed by atoms with Crippen molar-refractivity contribution in [1.29, 1.82) is 0 Å². The Balaban J connectivity index is 2.37. The molecule has 3 N–H and O–H groups in total. The van der Waals surface area contributed by atoms with Crippen LogP contribution in [0.4, 0.5) is 5.69 Å². The van der Waals surface area contributed by atoms with Gasteiger partial charge < -0.3 is 15.4 Å². The molecule has 0 aliphatic rings. The number of nitrogens with one attached hydrogen (secondary N) is 2. The summed E-state index contributed by atoms with van der Waals surface area (Å²) in [5.74, 6) is -1.40. The van der Waals surface area contributed by atoms with E-state index in [1.165, 1.54) is 0 Å². The number of aromatic carboxylic acids is 1. The monoisotopic (exact) mass is 286 g/mol. The molecule has 0 bridgehead atoms. The maximum atomic E-state index is 12.4. The van der Waals surface area contributed by atoms with E-state index in [0.29, 0.717) is 11.3 Å². The molecule has 0 fully saturated rings. The van der Waals surface area contributed by atoms with Crippen molar-refractivity contribution in [2.45, 2.75) is 27.7 Å². The molecular weight excluding hydrogens is 268 g/mol. The van der Waals surface area contributed by atoms with Gasteiger partial charge in [0.05, 0.1) is 5.69 Å². The summed E-state index contributed by atoms with van der Waals surface area (Å²) >= 11 is 0. The lowest BCUT2D eigenvalue weighted by Gasteiger charge is -2.11. The van der Waals surface area contributed by atoms with Crippen LogP contribution >= 0.6 is 0 Å². The van der Waals surface area contributed by atoms with E-state index in [9.17, 15) is 9.59 Å². The fourth-order valence-corrected chi connectivity index (χ4v) is 2.58. The molecule has 2 aromatic rings. The Morgan fingerprint density at radius 1 is 1.05 bits per heavy atom. The summed E-state index contributed by atoms with van der Waals surface area (Å²) in [7, 11) is 0. The van der Waals surface area contributed by atoms with Crippen molar-refractivity contribution >= 4 is 17.6 Å². The first-order chi connectivity index (χ1) is 9.79. The van der Waals surface area contributed by atoms with Crippen molar-refractivity contribution in [3.8, 4) is 0 Å². The second-order valence-electron chi connectivity index (χ2n) is 5.27. The zero-order chi connectivity index (χ0) is 15.7. The van der Waals surface area contributed by atoms with Gasteiger partial charge in [-0.3, -0.25) is 4.79 Å². The van der Waals surface area contributed by atoms with Crippen LogP contribution in [0.5, 0.6) is 0 Å². The van der Waals surface area contributed by atoms with Crippen LogP contribution in [0.25, 0.3) is 0 Å². The highest BCUT2D eigenvalue weighted by Crippen LogP contribution is 2.21. The Morgan fingerprint density at radius 3 is 2.14 bits per heavy atom. The molecule has 1 aromatic carbocycles. The highest BCUT2D eigenvalue weighted by atomic mass is 16.4. The van der Waals surface area contributed by atoms with Gasteiger partial charge in [-0.25, -0.2) is 4.79 Å². The minimum atomic E-state index is -1.10. The molecule has 0 aliphatic carbocycles. The van der Waals surface area contributed by atoms with Crippen molar-refractivity contribution in [1.82, 2.24) is 4.98 Å². The lowest BCUT2D eigenvalue weighted by Crippen LogP contribution is -2.16. The number of rotatable bonds is 3. The summed E-state index contributed by atoms with van der Waals surface area (Å²) in [6.07, 6.45) is 0. The molecule has 0 aliphatic heterocycles. The number of benzene rings is 1. The first-order valence-electron chi connectivity index (χ1n) is 6.61. The van der Waals surface area contributed by atoms with Gasteiger partial charge in [0.15, 0.2) is 0 Å². The largest absolute Gasteiger partial charge is 0.477 e. The summed E-state index contributed by atoms with van der Waals surface area (Å²) in [5.41, 5.74) is 4.36. The van der Waals surface area contributed by atoms with Crippen LogP contribution in [0.15, 0.2) is 18.2 Å². The van der Waals surface area contributed by atoms with E-state index < -0.39 is 5.97 Å².